The van der Waals surface area contributed by atoms with Crippen molar-refractivity contribution in [3.63, 3.8) is 0 Å². The average Bonchev–Trinajstić information content (AvgIpc) is 2.44. The van der Waals surface area contributed by atoms with Crippen molar-refractivity contribution in [2.75, 3.05) is 6.61 Å². The lowest BCUT2D eigenvalue weighted by Crippen LogP contribution is -2.41. The Morgan fingerprint density at radius 3 is 2.52 bits per heavy atom. The quantitative estimate of drug-likeness (QED) is 0.349. The van der Waals surface area contributed by atoms with Gasteiger partial charge in [0.2, 0.25) is 6.17 Å². The fraction of sp³-hybridized carbons (Fsp3) is 0.250. The molecule has 0 fully saturated rings. The summed E-state index contributed by atoms with van der Waals surface area (Å²) in [6.07, 6.45) is -1.84. The van der Waals surface area contributed by atoms with E-state index < -0.39 is 45.7 Å². The molecule has 0 aliphatic rings. The normalized spacial score (nSPS) is 14.0. The lowest BCUT2D eigenvalue weighted by Gasteiger charge is -2.16. The minimum absolute atomic E-state index is 0.109. The van der Waals surface area contributed by atoms with E-state index in [1.165, 1.54) is 6.07 Å². The van der Waals surface area contributed by atoms with Gasteiger partial charge in [0, 0.05) is 6.08 Å². The summed E-state index contributed by atoms with van der Waals surface area (Å²) in [5.74, 6) is -2.91. The Kier molecular flexibility index (Phi) is 5.72. The van der Waals surface area contributed by atoms with Gasteiger partial charge in [-0.15, -0.1) is 0 Å². The molecule has 1 aromatic carbocycles. The number of phenols is 1. The maximum Gasteiger partial charge on any atom is 0.403 e. The van der Waals surface area contributed by atoms with Crippen LogP contribution in [-0.4, -0.2) is 42.1 Å². The molecule has 23 heavy (non-hydrogen) atoms. The predicted molar refractivity (Wildman–Crippen MR) is 69.4 cm³/mol. The second-order valence-corrected chi connectivity index (χ2v) is 5.67. The molecular formula is C12H10F4O6S. The van der Waals surface area contributed by atoms with Crippen LogP contribution in [0, 0.1) is 5.82 Å². The Morgan fingerprint density at radius 1 is 1.39 bits per heavy atom. The van der Waals surface area contributed by atoms with E-state index in [9.17, 15) is 30.8 Å². The molecule has 0 aliphatic carbocycles. The summed E-state index contributed by atoms with van der Waals surface area (Å²) in [6.45, 7) is -1.63. The minimum Gasteiger partial charge on any atom is -0.505 e. The lowest BCUT2D eigenvalue weighted by atomic mass is 10.2. The second-order valence-electron chi connectivity index (χ2n) is 4.18. The largest absolute Gasteiger partial charge is 0.505 e. The molecule has 0 aromatic heterocycles. The molecule has 0 heterocycles. The van der Waals surface area contributed by atoms with Gasteiger partial charge in [0.15, 0.2) is 11.6 Å². The highest BCUT2D eigenvalue weighted by atomic mass is 32.2. The molecule has 0 radical (unpaired) electrons. The molecule has 0 saturated heterocycles. The van der Waals surface area contributed by atoms with Crippen molar-refractivity contribution in [1.82, 2.24) is 0 Å². The number of alkyl halides is 3. The van der Waals surface area contributed by atoms with Crippen molar-refractivity contribution in [2.24, 2.45) is 0 Å². The summed E-state index contributed by atoms with van der Waals surface area (Å²) in [5, 5.41) is 3.81. The monoisotopic (exact) mass is 358 g/mol. The van der Waals surface area contributed by atoms with E-state index in [0.717, 1.165) is 18.2 Å². The van der Waals surface area contributed by atoms with Crippen LogP contribution in [0.3, 0.4) is 0 Å². The van der Waals surface area contributed by atoms with Crippen LogP contribution in [0.15, 0.2) is 24.3 Å². The average molecular weight is 358 g/mol. The van der Waals surface area contributed by atoms with Gasteiger partial charge in [-0.3, -0.25) is 4.55 Å². The predicted octanol–water partition coefficient (Wildman–Crippen LogP) is 1.91. The zero-order valence-electron chi connectivity index (χ0n) is 11.1. The highest BCUT2D eigenvalue weighted by Crippen LogP contribution is 2.27. The third-order valence-corrected chi connectivity index (χ3v) is 3.41. The number of carbonyl (C=O) groups excluding carboxylic acids is 1. The maximum absolute atomic E-state index is 13.0. The fourth-order valence-corrected chi connectivity index (χ4v) is 1.64. The number of hydrogen-bond acceptors (Lipinski definition) is 5. The SMILES string of the molecule is O=C(/C=C/c1ccc(O)c(F)c1)OCC(F)C(F)(F)S(=O)(=O)O. The van der Waals surface area contributed by atoms with Gasteiger partial charge >= 0.3 is 21.3 Å². The number of carbonyl (C=O) groups is 1. The van der Waals surface area contributed by atoms with Gasteiger partial charge < -0.3 is 9.84 Å². The molecule has 0 amide bonds. The number of rotatable bonds is 6. The summed E-state index contributed by atoms with van der Waals surface area (Å²) in [4.78, 5) is 11.2. The molecule has 0 aliphatic heterocycles. The zero-order chi connectivity index (χ0) is 17.8. The fourth-order valence-electron chi connectivity index (χ4n) is 1.25. The highest BCUT2D eigenvalue weighted by Gasteiger charge is 2.53. The van der Waals surface area contributed by atoms with Crippen LogP contribution < -0.4 is 0 Å². The molecule has 1 aromatic rings. The topological polar surface area (TPSA) is 101 Å². The Labute approximate surface area is 127 Å². The van der Waals surface area contributed by atoms with Gasteiger partial charge in [0.25, 0.3) is 0 Å². The first kappa shape index (κ1) is 18.9. The van der Waals surface area contributed by atoms with Crippen molar-refractivity contribution in [1.29, 1.82) is 0 Å². The standard InChI is InChI=1S/C12H10F4O6S/c13-8-5-7(1-3-9(8)17)2-4-11(18)22-6-10(14)12(15,16)23(19,20)21/h1-5,10,17H,6H2,(H,19,20,21)/b4-2+. The molecule has 1 unspecified atom stereocenters. The van der Waals surface area contributed by atoms with E-state index in [4.69, 9.17) is 9.66 Å². The summed E-state index contributed by atoms with van der Waals surface area (Å²) in [7, 11) is -6.00. The van der Waals surface area contributed by atoms with Gasteiger partial charge in [-0.05, 0) is 23.8 Å². The Balaban J connectivity index is 2.64. The number of aromatic hydroxyl groups is 1. The summed E-state index contributed by atoms with van der Waals surface area (Å²) < 4.78 is 84.4. The maximum atomic E-state index is 13.0. The Hall–Kier alpha value is -2.14. The number of hydrogen-bond donors (Lipinski definition) is 2. The molecule has 11 heteroatoms. The highest BCUT2D eigenvalue weighted by molar-refractivity contribution is 7.86. The van der Waals surface area contributed by atoms with Gasteiger partial charge in [-0.25, -0.2) is 13.6 Å². The third kappa shape index (κ3) is 4.93. The van der Waals surface area contributed by atoms with Crippen molar-refractivity contribution >= 4 is 22.2 Å². The van der Waals surface area contributed by atoms with Crippen molar-refractivity contribution in [2.45, 2.75) is 11.4 Å². The van der Waals surface area contributed by atoms with Gasteiger partial charge in [0.05, 0.1) is 0 Å². The smallest absolute Gasteiger partial charge is 0.403 e. The van der Waals surface area contributed by atoms with E-state index in [2.05, 4.69) is 4.74 Å². The van der Waals surface area contributed by atoms with Gasteiger partial charge in [0.1, 0.15) is 6.61 Å². The van der Waals surface area contributed by atoms with E-state index in [1.54, 1.807) is 0 Å². The van der Waals surface area contributed by atoms with Crippen LogP contribution >= 0.6 is 0 Å². The first-order chi connectivity index (χ1) is 10.4. The van der Waals surface area contributed by atoms with Crippen LogP contribution in [0.25, 0.3) is 6.08 Å². The number of halogens is 4. The van der Waals surface area contributed by atoms with Crippen LogP contribution in [-0.2, 0) is 19.6 Å². The van der Waals surface area contributed by atoms with E-state index in [0.29, 0.717) is 6.08 Å². The number of ether oxygens (including phenoxy) is 1. The first-order valence-corrected chi connectivity index (χ1v) is 7.21. The molecule has 0 spiro atoms. The van der Waals surface area contributed by atoms with Crippen LogP contribution in [0.1, 0.15) is 5.56 Å². The Bertz CT molecular complexity index is 716. The number of esters is 1. The van der Waals surface area contributed by atoms with Gasteiger partial charge in [-0.1, -0.05) is 6.07 Å². The lowest BCUT2D eigenvalue weighted by molar-refractivity contribution is -0.142. The third-order valence-electron chi connectivity index (χ3n) is 2.46. The van der Waals surface area contributed by atoms with Crippen LogP contribution in [0.4, 0.5) is 17.6 Å². The van der Waals surface area contributed by atoms with Crippen LogP contribution in [0.5, 0.6) is 5.75 Å². The zero-order valence-corrected chi connectivity index (χ0v) is 11.9. The molecule has 6 nitrogen and oxygen atoms in total. The number of benzene rings is 1. The van der Waals surface area contributed by atoms with E-state index >= 15 is 0 Å². The Morgan fingerprint density at radius 2 is 2.00 bits per heavy atom. The minimum atomic E-state index is -6.00. The molecule has 0 bridgehead atoms. The summed E-state index contributed by atoms with van der Waals surface area (Å²) in [6, 6.07) is 3.06. The molecule has 1 rings (SSSR count). The van der Waals surface area contributed by atoms with E-state index in [-0.39, 0.29) is 5.56 Å². The molecule has 2 N–H and O–H groups in total. The molecule has 128 valence electrons. The van der Waals surface area contributed by atoms with Crippen LogP contribution in [0.2, 0.25) is 0 Å². The summed E-state index contributed by atoms with van der Waals surface area (Å²) >= 11 is 0. The van der Waals surface area contributed by atoms with Crippen molar-refractivity contribution < 1.29 is 45.2 Å². The van der Waals surface area contributed by atoms with Crippen molar-refractivity contribution in [3.8, 4) is 5.75 Å². The van der Waals surface area contributed by atoms with Crippen molar-refractivity contribution in [3.05, 3.63) is 35.7 Å². The summed E-state index contributed by atoms with van der Waals surface area (Å²) in [5.41, 5.74) is 0.109. The molecular weight excluding hydrogens is 348 g/mol. The van der Waals surface area contributed by atoms with Gasteiger partial charge in [-0.2, -0.15) is 17.2 Å². The van der Waals surface area contributed by atoms with E-state index in [1.807, 2.05) is 0 Å². The molecule has 0 saturated carbocycles. The first-order valence-electron chi connectivity index (χ1n) is 5.77. The number of phenolic OH excluding ortho intramolecular Hbond substituents is 1. The molecule has 1 atom stereocenters. The second kappa shape index (κ2) is 6.96.